The Kier molecular flexibility index (Phi) is 6.66. The molecule has 2 aliphatic rings. The van der Waals surface area contributed by atoms with Gasteiger partial charge in [0.15, 0.2) is 0 Å². The zero-order chi connectivity index (χ0) is 24.2. The van der Waals surface area contributed by atoms with Crippen molar-refractivity contribution in [3.63, 3.8) is 0 Å². The number of nitrogens with two attached hydrogens (primary N) is 1. The fourth-order valence-electron chi connectivity index (χ4n) is 4.63. The number of esters is 2. The van der Waals surface area contributed by atoms with Gasteiger partial charge in [0.25, 0.3) is 0 Å². The van der Waals surface area contributed by atoms with Crippen LogP contribution in [0.3, 0.4) is 0 Å². The third kappa shape index (κ3) is 4.02. The van der Waals surface area contributed by atoms with Gasteiger partial charge in [-0.3, -0.25) is 4.90 Å². The molecule has 0 saturated carbocycles. The summed E-state index contributed by atoms with van der Waals surface area (Å²) in [5.74, 6) is -2.33. The number of carbonyl (C=O) groups excluding carboxylic acids is 2. The Labute approximate surface area is 198 Å². The minimum Gasteiger partial charge on any atom is -0.466 e. The maximum absolute atomic E-state index is 13.1. The minimum atomic E-state index is -0.885. The van der Waals surface area contributed by atoms with Gasteiger partial charge in [-0.25, -0.2) is 9.59 Å². The second kappa shape index (κ2) is 9.81. The number of hydrogen-bond donors (Lipinski definition) is 2. The van der Waals surface area contributed by atoms with E-state index in [-0.39, 0.29) is 28.7 Å². The highest BCUT2D eigenvalue weighted by atomic mass is 16.5. The second-order valence-electron chi connectivity index (χ2n) is 8.08. The molecule has 3 N–H and O–H groups in total. The topological polar surface area (TPSA) is 118 Å². The van der Waals surface area contributed by atoms with Crippen LogP contribution in [0.2, 0.25) is 0 Å². The van der Waals surface area contributed by atoms with E-state index in [9.17, 15) is 14.9 Å². The van der Waals surface area contributed by atoms with Gasteiger partial charge in [-0.1, -0.05) is 42.5 Å². The summed E-state index contributed by atoms with van der Waals surface area (Å²) in [4.78, 5) is 27.7. The van der Waals surface area contributed by atoms with Crippen LogP contribution in [0.5, 0.6) is 0 Å². The Bertz CT molecular complexity index is 1210. The summed E-state index contributed by atoms with van der Waals surface area (Å²) in [6, 6.07) is 18.8. The van der Waals surface area contributed by atoms with Crippen molar-refractivity contribution < 1.29 is 19.1 Å². The maximum Gasteiger partial charge on any atom is 0.355 e. The molecule has 0 bridgehead atoms. The molecular weight excluding hydrogens is 432 g/mol. The van der Waals surface area contributed by atoms with Crippen molar-refractivity contribution in [3.05, 3.63) is 88.4 Å². The molecule has 2 heterocycles. The molecule has 34 heavy (non-hydrogen) atoms. The van der Waals surface area contributed by atoms with Crippen molar-refractivity contribution in [1.29, 1.82) is 5.26 Å². The number of nitrogens with zero attached hydrogens (tertiary/aromatic N) is 2. The predicted molar refractivity (Wildman–Crippen MR) is 126 cm³/mol. The molecule has 1 fully saturated rings. The van der Waals surface area contributed by atoms with Crippen LogP contribution in [0.4, 0.5) is 5.69 Å². The lowest BCUT2D eigenvalue weighted by Gasteiger charge is -2.36. The van der Waals surface area contributed by atoms with Gasteiger partial charge < -0.3 is 20.5 Å². The van der Waals surface area contributed by atoms with Crippen LogP contribution in [0, 0.1) is 11.3 Å². The Morgan fingerprint density at radius 1 is 1.06 bits per heavy atom. The molecule has 0 radical (unpaired) electrons. The highest BCUT2D eigenvalue weighted by Crippen LogP contribution is 2.43. The van der Waals surface area contributed by atoms with Gasteiger partial charge in [-0.15, -0.1) is 0 Å². The van der Waals surface area contributed by atoms with Crippen molar-refractivity contribution in [3.8, 4) is 6.07 Å². The molecule has 2 aromatic carbocycles. The van der Waals surface area contributed by atoms with Crippen molar-refractivity contribution in [2.75, 3.05) is 25.7 Å². The largest absolute Gasteiger partial charge is 0.466 e. The van der Waals surface area contributed by atoms with E-state index in [0.717, 1.165) is 24.9 Å². The lowest BCUT2D eigenvalue weighted by Crippen LogP contribution is -2.40. The van der Waals surface area contributed by atoms with E-state index in [0.29, 0.717) is 11.3 Å². The van der Waals surface area contributed by atoms with E-state index in [4.69, 9.17) is 15.2 Å². The maximum atomic E-state index is 13.1. The minimum absolute atomic E-state index is 0.00399. The molecule has 2 atom stereocenters. The smallest absolute Gasteiger partial charge is 0.355 e. The molecule has 0 spiro atoms. The molecule has 2 aromatic rings. The van der Waals surface area contributed by atoms with Gasteiger partial charge in [0, 0.05) is 11.7 Å². The van der Waals surface area contributed by atoms with Crippen LogP contribution >= 0.6 is 0 Å². The molecule has 8 nitrogen and oxygen atoms in total. The van der Waals surface area contributed by atoms with Gasteiger partial charge in [0.05, 0.1) is 37.4 Å². The summed E-state index contributed by atoms with van der Waals surface area (Å²) in [6.07, 6.45) is 2.05. The molecule has 0 amide bonds. The fraction of sp³-hybridized carbons (Fsp3) is 0.269. The van der Waals surface area contributed by atoms with Gasteiger partial charge in [-0.05, 0) is 42.6 Å². The monoisotopic (exact) mass is 458 g/mol. The zero-order valence-corrected chi connectivity index (χ0v) is 19.1. The number of anilines is 1. The van der Waals surface area contributed by atoms with Crippen LogP contribution in [0.25, 0.3) is 0 Å². The summed E-state index contributed by atoms with van der Waals surface area (Å²) >= 11 is 0. The molecule has 0 aromatic heterocycles. The third-order valence-electron chi connectivity index (χ3n) is 6.20. The highest BCUT2D eigenvalue weighted by Gasteiger charge is 2.43. The number of carbonyl (C=O) groups is 2. The normalized spacial score (nSPS) is 20.2. The SMILES string of the molecule is COC(=O)C1=C(C(=O)OC)N(c2cccc(C3CCCN3)c2)C(N)=C(C#N)C1c1ccccc1. The van der Waals surface area contributed by atoms with E-state index in [1.165, 1.54) is 19.1 Å². The zero-order valence-electron chi connectivity index (χ0n) is 19.1. The Hall–Kier alpha value is -4.09. The number of allylic oxidation sites excluding steroid dienone is 1. The first-order valence-electron chi connectivity index (χ1n) is 11.0. The summed E-state index contributed by atoms with van der Waals surface area (Å²) in [5.41, 5.74) is 8.82. The summed E-state index contributed by atoms with van der Waals surface area (Å²) in [7, 11) is 2.47. The average Bonchev–Trinajstić information content (AvgIpc) is 3.42. The van der Waals surface area contributed by atoms with E-state index in [1.54, 1.807) is 30.3 Å². The predicted octanol–water partition coefficient (Wildman–Crippen LogP) is 3.01. The van der Waals surface area contributed by atoms with Crippen molar-refractivity contribution in [2.45, 2.75) is 24.8 Å². The Balaban J connectivity index is 1.98. The summed E-state index contributed by atoms with van der Waals surface area (Å²) in [6.45, 7) is 0.928. The number of benzene rings is 2. The molecule has 1 saturated heterocycles. The quantitative estimate of drug-likeness (QED) is 0.657. The lowest BCUT2D eigenvalue weighted by atomic mass is 9.81. The van der Waals surface area contributed by atoms with Crippen LogP contribution in [-0.4, -0.2) is 32.7 Å². The number of nitrogens with one attached hydrogen (secondary N) is 1. The van der Waals surface area contributed by atoms with Crippen LogP contribution in [0.15, 0.2) is 77.3 Å². The Morgan fingerprint density at radius 3 is 2.38 bits per heavy atom. The lowest BCUT2D eigenvalue weighted by molar-refractivity contribution is -0.139. The molecule has 8 heteroatoms. The van der Waals surface area contributed by atoms with Crippen molar-refractivity contribution in [1.82, 2.24) is 5.32 Å². The number of hydrogen-bond acceptors (Lipinski definition) is 8. The van der Waals surface area contributed by atoms with E-state index >= 15 is 0 Å². The number of nitriles is 1. The first-order valence-corrected chi connectivity index (χ1v) is 11.0. The summed E-state index contributed by atoms with van der Waals surface area (Å²) < 4.78 is 10.1. The van der Waals surface area contributed by atoms with Crippen LogP contribution in [-0.2, 0) is 19.1 Å². The number of rotatable bonds is 5. The van der Waals surface area contributed by atoms with Gasteiger partial charge in [0.1, 0.15) is 11.5 Å². The molecule has 2 unspecified atom stereocenters. The van der Waals surface area contributed by atoms with Gasteiger partial charge >= 0.3 is 11.9 Å². The van der Waals surface area contributed by atoms with Crippen molar-refractivity contribution in [2.24, 2.45) is 5.73 Å². The van der Waals surface area contributed by atoms with Crippen molar-refractivity contribution >= 4 is 17.6 Å². The van der Waals surface area contributed by atoms with Gasteiger partial charge in [-0.2, -0.15) is 5.26 Å². The molecule has 4 rings (SSSR count). The van der Waals surface area contributed by atoms with Crippen LogP contribution in [0.1, 0.15) is 35.9 Å². The van der Waals surface area contributed by atoms with E-state index in [2.05, 4.69) is 11.4 Å². The highest BCUT2D eigenvalue weighted by molar-refractivity contribution is 6.06. The molecule has 0 aliphatic carbocycles. The van der Waals surface area contributed by atoms with E-state index in [1.807, 2.05) is 24.3 Å². The number of ether oxygens (including phenoxy) is 2. The average molecular weight is 459 g/mol. The molecular formula is C26H26N4O4. The second-order valence-corrected chi connectivity index (χ2v) is 8.08. The number of methoxy groups -OCH3 is 2. The molecule has 2 aliphatic heterocycles. The van der Waals surface area contributed by atoms with Crippen LogP contribution < -0.4 is 16.0 Å². The summed E-state index contributed by atoms with van der Waals surface area (Å²) in [5, 5.41) is 13.6. The fourth-order valence-corrected chi connectivity index (χ4v) is 4.63. The standard InChI is InChI=1S/C26H26N4O4/c1-33-25(31)22-21(16-8-4-3-5-9-16)19(15-27)24(28)30(23(22)26(32)34-2)18-11-6-10-17(14-18)20-12-7-13-29-20/h3-6,8-11,14,20-21,29H,7,12-13,28H2,1-2H3. The Morgan fingerprint density at radius 2 is 1.76 bits per heavy atom. The third-order valence-corrected chi connectivity index (χ3v) is 6.20. The first-order chi connectivity index (χ1) is 16.5. The van der Waals surface area contributed by atoms with E-state index < -0.39 is 17.9 Å². The first kappa shape index (κ1) is 23.1. The molecule has 174 valence electrons. The van der Waals surface area contributed by atoms with Gasteiger partial charge in [0.2, 0.25) is 0 Å².